The van der Waals surface area contributed by atoms with Gasteiger partial charge in [-0.05, 0) is 43.8 Å². The average Bonchev–Trinajstić information content (AvgIpc) is 2.88. The number of carboxylic acid groups (broad SMARTS) is 2. The second-order valence-electron chi connectivity index (χ2n) is 8.74. The van der Waals surface area contributed by atoms with Crippen LogP contribution in [0.3, 0.4) is 0 Å². The number of aliphatic carboxylic acids is 2. The minimum atomic E-state index is -1.21. The average molecular weight is 584 g/mol. The number of hydrogen-bond acceptors (Lipinski definition) is 8. The van der Waals surface area contributed by atoms with Crippen molar-refractivity contribution in [2.24, 2.45) is 22.2 Å². The van der Waals surface area contributed by atoms with Crippen molar-refractivity contribution in [1.82, 2.24) is 16.0 Å². The molecule has 40 heavy (non-hydrogen) atoms. The maximum absolute atomic E-state index is 13.2. The van der Waals surface area contributed by atoms with Gasteiger partial charge < -0.3 is 43.4 Å². The van der Waals surface area contributed by atoms with Crippen molar-refractivity contribution >= 4 is 47.4 Å². The molecule has 11 N–H and O–H groups in total. The SMILES string of the molecule is CC(=O)O.CSCC[C@H](N)C(=O)N[C@@H](CCCN=C(N)N)C(=O)N[C@@H](Cc1ccccc1)C(=O)N[C@@H](C)C(=O)O. The number of hydrogen-bond donors (Lipinski definition) is 8. The summed E-state index contributed by atoms with van der Waals surface area (Å²) in [6, 6.07) is 4.91. The zero-order chi connectivity index (χ0) is 30.7. The van der Waals surface area contributed by atoms with E-state index >= 15 is 0 Å². The lowest BCUT2D eigenvalue weighted by Crippen LogP contribution is -2.57. The number of nitrogens with zero attached hydrogens (tertiary/aromatic N) is 1. The van der Waals surface area contributed by atoms with Crippen molar-refractivity contribution in [2.45, 2.75) is 63.7 Å². The predicted molar refractivity (Wildman–Crippen MR) is 153 cm³/mol. The molecule has 0 spiro atoms. The molecule has 0 aromatic heterocycles. The molecule has 1 aromatic rings. The van der Waals surface area contributed by atoms with Crippen molar-refractivity contribution in [3.05, 3.63) is 35.9 Å². The quantitative estimate of drug-likeness (QED) is 0.0666. The van der Waals surface area contributed by atoms with Crippen LogP contribution in [0, 0.1) is 0 Å². The fourth-order valence-electron chi connectivity index (χ4n) is 3.13. The minimum absolute atomic E-state index is 0.0914. The lowest BCUT2D eigenvalue weighted by Gasteiger charge is -2.25. The minimum Gasteiger partial charge on any atom is -0.481 e. The molecule has 1 rings (SSSR count). The highest BCUT2D eigenvalue weighted by molar-refractivity contribution is 7.98. The number of amides is 3. The van der Waals surface area contributed by atoms with Crippen LogP contribution in [0.2, 0.25) is 0 Å². The van der Waals surface area contributed by atoms with E-state index < -0.39 is 53.8 Å². The summed E-state index contributed by atoms with van der Waals surface area (Å²) >= 11 is 1.55. The summed E-state index contributed by atoms with van der Waals surface area (Å²) in [5, 5.41) is 24.3. The van der Waals surface area contributed by atoms with Crippen LogP contribution in [0.4, 0.5) is 0 Å². The Labute approximate surface area is 237 Å². The number of carbonyl (C=O) groups is 5. The summed E-state index contributed by atoms with van der Waals surface area (Å²) in [4.78, 5) is 62.8. The summed E-state index contributed by atoms with van der Waals surface area (Å²) in [6.45, 7) is 2.65. The molecule has 0 aliphatic heterocycles. The topological polar surface area (TPSA) is 252 Å². The van der Waals surface area contributed by atoms with E-state index in [0.717, 1.165) is 12.5 Å². The predicted octanol–water partition coefficient (Wildman–Crippen LogP) is -0.987. The number of benzene rings is 1. The molecule has 4 atom stereocenters. The Morgan fingerprint density at radius 1 is 0.925 bits per heavy atom. The highest BCUT2D eigenvalue weighted by Crippen LogP contribution is 2.07. The van der Waals surface area contributed by atoms with E-state index in [1.54, 1.807) is 36.0 Å². The van der Waals surface area contributed by atoms with Gasteiger partial charge in [-0.2, -0.15) is 11.8 Å². The normalized spacial score (nSPS) is 13.2. The summed E-state index contributed by atoms with van der Waals surface area (Å²) in [7, 11) is 0. The van der Waals surface area contributed by atoms with Gasteiger partial charge in [0.1, 0.15) is 18.1 Å². The van der Waals surface area contributed by atoms with Crippen molar-refractivity contribution < 1.29 is 34.2 Å². The molecule has 15 heteroatoms. The highest BCUT2D eigenvalue weighted by atomic mass is 32.2. The highest BCUT2D eigenvalue weighted by Gasteiger charge is 2.29. The number of nitrogens with two attached hydrogens (primary N) is 3. The van der Waals surface area contributed by atoms with Crippen molar-refractivity contribution in [2.75, 3.05) is 18.6 Å². The van der Waals surface area contributed by atoms with E-state index in [2.05, 4.69) is 20.9 Å². The van der Waals surface area contributed by atoms with Gasteiger partial charge in [-0.15, -0.1) is 0 Å². The number of carboxylic acids is 2. The van der Waals surface area contributed by atoms with Crippen LogP contribution in [0.5, 0.6) is 0 Å². The smallest absolute Gasteiger partial charge is 0.325 e. The molecular weight excluding hydrogens is 542 g/mol. The van der Waals surface area contributed by atoms with Gasteiger partial charge in [-0.1, -0.05) is 30.3 Å². The van der Waals surface area contributed by atoms with Gasteiger partial charge >= 0.3 is 5.97 Å². The van der Waals surface area contributed by atoms with Gasteiger partial charge in [0, 0.05) is 19.9 Å². The Morgan fingerprint density at radius 2 is 1.48 bits per heavy atom. The molecule has 0 aliphatic rings. The Kier molecular flexibility index (Phi) is 18.2. The van der Waals surface area contributed by atoms with Crippen LogP contribution in [-0.2, 0) is 30.4 Å². The fourth-order valence-corrected chi connectivity index (χ4v) is 3.62. The first-order valence-corrected chi connectivity index (χ1v) is 13.8. The number of carbonyl (C=O) groups excluding carboxylic acids is 3. The van der Waals surface area contributed by atoms with E-state index in [1.807, 2.05) is 12.3 Å². The maximum Gasteiger partial charge on any atom is 0.325 e. The van der Waals surface area contributed by atoms with Crippen molar-refractivity contribution in [1.29, 1.82) is 0 Å². The van der Waals surface area contributed by atoms with Crippen molar-refractivity contribution in [3.63, 3.8) is 0 Å². The second-order valence-corrected chi connectivity index (χ2v) is 9.72. The molecule has 1 aromatic carbocycles. The molecule has 0 saturated heterocycles. The third kappa shape index (κ3) is 16.9. The van der Waals surface area contributed by atoms with E-state index in [4.69, 9.17) is 32.2 Å². The zero-order valence-electron chi connectivity index (χ0n) is 23.0. The first-order chi connectivity index (χ1) is 18.8. The fraction of sp³-hybridized carbons (Fsp3) is 0.520. The first kappa shape index (κ1) is 36.1. The van der Waals surface area contributed by atoms with Gasteiger partial charge in [0.25, 0.3) is 5.97 Å². The summed E-state index contributed by atoms with van der Waals surface area (Å²) in [5.41, 5.74) is 17.4. The number of rotatable bonds is 16. The molecule has 14 nitrogen and oxygen atoms in total. The van der Waals surface area contributed by atoms with E-state index in [-0.39, 0.29) is 25.3 Å². The molecule has 0 radical (unpaired) electrons. The molecule has 0 unspecified atom stereocenters. The Balaban J connectivity index is 0.00000354. The molecule has 3 amide bonds. The van der Waals surface area contributed by atoms with Crippen LogP contribution in [0.25, 0.3) is 0 Å². The van der Waals surface area contributed by atoms with Gasteiger partial charge in [0.2, 0.25) is 17.7 Å². The van der Waals surface area contributed by atoms with Gasteiger partial charge in [0.05, 0.1) is 6.04 Å². The molecule has 0 aliphatic carbocycles. The molecule has 0 bridgehead atoms. The van der Waals surface area contributed by atoms with E-state index in [1.165, 1.54) is 6.92 Å². The second kappa shape index (κ2) is 20.1. The summed E-state index contributed by atoms with van der Waals surface area (Å²) in [5.74, 6) is -3.22. The Morgan fingerprint density at radius 3 is 2.00 bits per heavy atom. The molecule has 224 valence electrons. The molecular formula is C25H41N7O7S. The number of guanidine groups is 1. The summed E-state index contributed by atoms with van der Waals surface area (Å²) in [6.07, 6.45) is 3.01. The van der Waals surface area contributed by atoms with Crippen LogP contribution < -0.4 is 33.2 Å². The zero-order valence-corrected chi connectivity index (χ0v) is 23.8. The monoisotopic (exact) mass is 583 g/mol. The van der Waals surface area contributed by atoms with Gasteiger partial charge in [-0.25, -0.2) is 0 Å². The lowest BCUT2D eigenvalue weighted by atomic mass is 10.0. The standard InChI is InChI=1S/C23H37N7O5S.C2H4O2/c1-14(22(34)35)28-21(33)18(13-15-7-4-3-5-8-15)30-20(32)17(9-6-11-27-23(25)26)29-19(31)16(24)10-12-36-2;1-2(3)4/h3-5,7-8,14,16-18H,6,9-13,24H2,1-2H3,(H,28,33)(H,29,31)(H,30,32)(H,34,35)(H4,25,26,27);1H3,(H,3,4)/t14-,16-,17-,18-;/m0./s1. The third-order valence-electron chi connectivity index (χ3n) is 5.19. The number of aliphatic imine (C=N–C) groups is 1. The molecule has 0 fully saturated rings. The Hall–Kier alpha value is -3.85. The largest absolute Gasteiger partial charge is 0.481 e. The van der Waals surface area contributed by atoms with Crippen LogP contribution in [0.15, 0.2) is 35.3 Å². The first-order valence-electron chi connectivity index (χ1n) is 12.5. The number of thioether (sulfide) groups is 1. The Bertz CT molecular complexity index is 987. The maximum atomic E-state index is 13.2. The lowest BCUT2D eigenvalue weighted by molar-refractivity contribution is -0.141. The van der Waals surface area contributed by atoms with E-state index in [9.17, 15) is 19.2 Å². The van der Waals surface area contributed by atoms with Crippen molar-refractivity contribution in [3.8, 4) is 0 Å². The summed E-state index contributed by atoms with van der Waals surface area (Å²) < 4.78 is 0. The molecule has 0 saturated carbocycles. The van der Waals surface area contributed by atoms with Gasteiger partial charge in [-0.3, -0.25) is 29.0 Å². The number of nitrogens with one attached hydrogen (secondary N) is 3. The van der Waals surface area contributed by atoms with Crippen LogP contribution in [-0.4, -0.2) is 88.6 Å². The van der Waals surface area contributed by atoms with E-state index in [0.29, 0.717) is 18.6 Å². The van der Waals surface area contributed by atoms with Crippen LogP contribution >= 0.6 is 11.8 Å². The molecule has 0 heterocycles. The third-order valence-corrected chi connectivity index (χ3v) is 5.84. The van der Waals surface area contributed by atoms with Gasteiger partial charge in [0.15, 0.2) is 5.96 Å². The van der Waals surface area contributed by atoms with Crippen LogP contribution in [0.1, 0.15) is 38.7 Å².